The molecule has 3 nitrogen and oxygen atoms in total. The van der Waals surface area contributed by atoms with Gasteiger partial charge in [0.2, 0.25) is 0 Å². The van der Waals surface area contributed by atoms with Crippen LogP contribution in [0.5, 0.6) is 0 Å². The van der Waals surface area contributed by atoms with E-state index in [0.717, 1.165) is 19.3 Å². The molecule has 3 heteroatoms. The number of aromatic nitrogens is 1. The minimum atomic E-state index is 0.0533. The normalized spacial score (nSPS) is 27.4. The van der Waals surface area contributed by atoms with Crippen molar-refractivity contribution in [1.82, 2.24) is 4.57 Å². The molecule has 0 spiro atoms. The molecule has 2 rings (SSSR count). The van der Waals surface area contributed by atoms with Crippen LogP contribution in [0.3, 0.4) is 0 Å². The Morgan fingerprint density at radius 3 is 2.89 bits per heavy atom. The van der Waals surface area contributed by atoms with Crippen molar-refractivity contribution in [1.29, 1.82) is 10.5 Å². The Kier molecular flexibility index (Phi) is 4.05. The zero-order valence-corrected chi connectivity index (χ0v) is 10.8. The van der Waals surface area contributed by atoms with Crippen LogP contribution < -0.4 is 0 Å². The Balaban J connectivity index is 2.22. The van der Waals surface area contributed by atoms with Crippen LogP contribution in [0.1, 0.15) is 50.8 Å². The third-order valence-electron chi connectivity index (χ3n) is 4.04. The highest BCUT2D eigenvalue weighted by molar-refractivity contribution is 5.23. The minimum Gasteiger partial charge on any atom is -0.335 e. The van der Waals surface area contributed by atoms with Gasteiger partial charge in [0.1, 0.15) is 11.8 Å². The largest absolute Gasteiger partial charge is 0.335 e. The summed E-state index contributed by atoms with van der Waals surface area (Å²) in [6.07, 6.45) is 7.54. The maximum atomic E-state index is 9.29. The van der Waals surface area contributed by atoms with Gasteiger partial charge in [-0.2, -0.15) is 10.5 Å². The second-order valence-electron chi connectivity index (χ2n) is 5.18. The van der Waals surface area contributed by atoms with Crippen molar-refractivity contribution in [3.05, 3.63) is 24.0 Å². The zero-order chi connectivity index (χ0) is 13.0. The first kappa shape index (κ1) is 12.7. The topological polar surface area (TPSA) is 52.5 Å². The van der Waals surface area contributed by atoms with Crippen LogP contribution in [0.15, 0.2) is 18.3 Å². The van der Waals surface area contributed by atoms with E-state index >= 15 is 0 Å². The lowest BCUT2D eigenvalue weighted by Gasteiger charge is -2.34. The third kappa shape index (κ3) is 2.41. The van der Waals surface area contributed by atoms with E-state index in [0.29, 0.717) is 11.6 Å². The molecule has 0 saturated heterocycles. The second kappa shape index (κ2) is 5.74. The fourth-order valence-electron chi connectivity index (χ4n) is 3.14. The lowest BCUT2D eigenvalue weighted by molar-refractivity contribution is 0.210. The summed E-state index contributed by atoms with van der Waals surface area (Å²) in [6, 6.07) is 8.56. The monoisotopic (exact) mass is 241 g/mol. The summed E-state index contributed by atoms with van der Waals surface area (Å²) in [5.74, 6) is 0.760. The van der Waals surface area contributed by atoms with E-state index < -0.39 is 0 Å². The van der Waals surface area contributed by atoms with Crippen LogP contribution in [-0.4, -0.2) is 4.57 Å². The van der Waals surface area contributed by atoms with Gasteiger partial charge in [0.15, 0.2) is 0 Å². The van der Waals surface area contributed by atoms with Crippen molar-refractivity contribution >= 4 is 0 Å². The van der Waals surface area contributed by atoms with Gasteiger partial charge in [-0.25, -0.2) is 0 Å². The van der Waals surface area contributed by atoms with Gasteiger partial charge < -0.3 is 4.57 Å². The van der Waals surface area contributed by atoms with Crippen LogP contribution >= 0.6 is 0 Å². The molecule has 1 aliphatic carbocycles. The van der Waals surface area contributed by atoms with Crippen molar-refractivity contribution in [2.45, 2.75) is 45.1 Å². The summed E-state index contributed by atoms with van der Waals surface area (Å²) in [5.41, 5.74) is 0.678. The molecule has 1 aromatic rings. The van der Waals surface area contributed by atoms with Crippen molar-refractivity contribution in [3.8, 4) is 12.1 Å². The van der Waals surface area contributed by atoms with Crippen LogP contribution in [-0.2, 0) is 0 Å². The van der Waals surface area contributed by atoms with Gasteiger partial charge in [-0.05, 0) is 37.3 Å². The molecule has 0 aliphatic heterocycles. The molecular formula is C15H19N3. The molecule has 1 saturated carbocycles. The Morgan fingerprint density at radius 2 is 2.22 bits per heavy atom. The second-order valence-corrected chi connectivity index (χ2v) is 5.18. The predicted molar refractivity (Wildman–Crippen MR) is 69.5 cm³/mol. The van der Waals surface area contributed by atoms with Gasteiger partial charge in [0.05, 0.1) is 18.0 Å². The fourth-order valence-corrected chi connectivity index (χ4v) is 3.14. The Bertz CT molecular complexity index is 475. The maximum absolute atomic E-state index is 9.29. The Hall–Kier alpha value is -1.74. The molecule has 1 heterocycles. The fraction of sp³-hybridized carbons (Fsp3) is 0.600. The summed E-state index contributed by atoms with van der Waals surface area (Å²) in [6.45, 7) is 2.21. The van der Waals surface area contributed by atoms with Crippen LogP contribution in [0, 0.1) is 34.5 Å². The molecular weight excluding hydrogens is 222 g/mol. The predicted octanol–water partition coefficient (Wildman–Crippen LogP) is 3.64. The van der Waals surface area contributed by atoms with Crippen LogP contribution in [0.4, 0.5) is 0 Å². The van der Waals surface area contributed by atoms with Gasteiger partial charge in [0.25, 0.3) is 0 Å². The number of rotatable bonds is 3. The first-order chi connectivity index (χ1) is 8.80. The molecule has 0 amide bonds. The van der Waals surface area contributed by atoms with Gasteiger partial charge in [-0.15, -0.1) is 0 Å². The van der Waals surface area contributed by atoms with E-state index in [-0.39, 0.29) is 12.0 Å². The quantitative estimate of drug-likeness (QED) is 0.811. The molecule has 0 aromatic carbocycles. The number of nitrogens with zero attached hydrogens (tertiary/aromatic N) is 3. The zero-order valence-electron chi connectivity index (χ0n) is 10.8. The summed E-state index contributed by atoms with van der Waals surface area (Å²) < 4.78 is 2.01. The molecule has 1 aliphatic rings. The summed E-state index contributed by atoms with van der Waals surface area (Å²) in [7, 11) is 0. The van der Waals surface area contributed by atoms with E-state index in [2.05, 4.69) is 19.1 Å². The highest BCUT2D eigenvalue weighted by Gasteiger charge is 2.31. The average molecular weight is 241 g/mol. The van der Waals surface area contributed by atoms with E-state index in [1.54, 1.807) is 0 Å². The van der Waals surface area contributed by atoms with Gasteiger partial charge >= 0.3 is 0 Å². The maximum Gasteiger partial charge on any atom is 0.120 e. The van der Waals surface area contributed by atoms with Crippen molar-refractivity contribution in [3.63, 3.8) is 0 Å². The van der Waals surface area contributed by atoms with Crippen molar-refractivity contribution in [2.75, 3.05) is 0 Å². The lowest BCUT2D eigenvalue weighted by Crippen LogP contribution is -2.27. The highest BCUT2D eigenvalue weighted by atomic mass is 15.0. The molecule has 3 unspecified atom stereocenters. The summed E-state index contributed by atoms with van der Waals surface area (Å²) in [4.78, 5) is 0. The first-order valence-electron chi connectivity index (χ1n) is 6.76. The van der Waals surface area contributed by atoms with E-state index in [4.69, 9.17) is 5.26 Å². The summed E-state index contributed by atoms with van der Waals surface area (Å²) in [5, 5.41) is 18.4. The Labute approximate surface area is 109 Å². The van der Waals surface area contributed by atoms with Gasteiger partial charge in [0, 0.05) is 6.20 Å². The highest BCUT2D eigenvalue weighted by Crippen LogP contribution is 2.39. The molecule has 94 valence electrons. The Morgan fingerprint density at radius 1 is 1.39 bits per heavy atom. The molecule has 0 N–H and O–H groups in total. The molecule has 18 heavy (non-hydrogen) atoms. The first-order valence-corrected chi connectivity index (χ1v) is 6.76. The number of hydrogen-bond acceptors (Lipinski definition) is 2. The van der Waals surface area contributed by atoms with E-state index in [9.17, 15) is 5.26 Å². The standard InChI is InChI=1S/C15H19N3/c1-2-4-12-6-7-13(10-16)15(9-12)18-8-3-5-14(18)11-17/h3,5,8,12-13,15H,2,4,6-7,9H2,1H3. The minimum absolute atomic E-state index is 0.0533. The molecule has 0 bridgehead atoms. The smallest absolute Gasteiger partial charge is 0.120 e. The van der Waals surface area contributed by atoms with E-state index in [1.165, 1.54) is 12.8 Å². The molecule has 1 aromatic heterocycles. The number of hydrogen-bond donors (Lipinski definition) is 0. The molecule has 0 radical (unpaired) electrons. The van der Waals surface area contributed by atoms with E-state index in [1.807, 2.05) is 22.9 Å². The van der Waals surface area contributed by atoms with Crippen molar-refractivity contribution < 1.29 is 0 Å². The van der Waals surface area contributed by atoms with Gasteiger partial charge in [-0.1, -0.05) is 19.8 Å². The number of nitriles is 2. The third-order valence-corrected chi connectivity index (χ3v) is 4.04. The lowest BCUT2D eigenvalue weighted by atomic mass is 9.77. The molecule has 3 atom stereocenters. The average Bonchev–Trinajstić information content (AvgIpc) is 2.87. The van der Waals surface area contributed by atoms with Gasteiger partial charge in [-0.3, -0.25) is 0 Å². The SMILES string of the molecule is CCCC1CCC(C#N)C(n2cccc2C#N)C1. The van der Waals surface area contributed by atoms with Crippen molar-refractivity contribution in [2.24, 2.45) is 11.8 Å². The summed E-state index contributed by atoms with van der Waals surface area (Å²) >= 11 is 0. The van der Waals surface area contributed by atoms with Crippen LogP contribution in [0.25, 0.3) is 0 Å². The van der Waals surface area contributed by atoms with Crippen LogP contribution in [0.2, 0.25) is 0 Å². The molecule has 1 fully saturated rings.